The van der Waals surface area contributed by atoms with E-state index in [2.05, 4.69) is 91.0 Å². The maximum atomic E-state index is 2.39. The molecule has 2 heteroatoms. The van der Waals surface area contributed by atoms with Crippen LogP contribution in [0.1, 0.15) is 57.8 Å². The average molecular weight is 453 g/mol. The molecule has 2 saturated heterocycles. The molecule has 3 aromatic carbocycles. The van der Waals surface area contributed by atoms with E-state index in [1.807, 2.05) is 0 Å². The van der Waals surface area contributed by atoms with Crippen LogP contribution in [0.2, 0.25) is 18.0 Å². The van der Waals surface area contributed by atoms with E-state index < -0.39 is 7.26 Å². The molecule has 0 radical (unpaired) electrons. The van der Waals surface area contributed by atoms with Gasteiger partial charge < -0.3 is 0 Å². The van der Waals surface area contributed by atoms with Crippen LogP contribution in [0.4, 0.5) is 0 Å². The lowest BCUT2D eigenvalue weighted by atomic mass is 9.26. The van der Waals surface area contributed by atoms with Gasteiger partial charge in [-0.3, -0.25) is 0 Å². The first kappa shape index (κ1) is 22.9. The summed E-state index contributed by atoms with van der Waals surface area (Å²) in [4.78, 5) is 0. The molecule has 0 saturated carbocycles. The molecule has 0 atom stereocenters. The van der Waals surface area contributed by atoms with Crippen LogP contribution in [-0.4, -0.2) is 12.9 Å². The Morgan fingerprint density at radius 1 is 0.545 bits per heavy atom. The fourth-order valence-electron chi connectivity index (χ4n) is 7.07. The Morgan fingerprint density at radius 3 is 1.39 bits per heavy atom. The zero-order valence-electron chi connectivity index (χ0n) is 20.1. The first-order valence-electron chi connectivity index (χ1n) is 13.4. The summed E-state index contributed by atoms with van der Waals surface area (Å²) in [6, 6.07) is 34.2. The maximum Gasteiger partial charge on any atom is 0.146 e. The molecule has 0 aromatic heterocycles. The van der Waals surface area contributed by atoms with E-state index in [0.29, 0.717) is 0 Å². The fraction of sp³-hybridized carbons (Fsp3) is 0.419. The van der Waals surface area contributed by atoms with Gasteiger partial charge in [0.1, 0.15) is 29.9 Å². The molecule has 5 rings (SSSR count). The van der Waals surface area contributed by atoms with Gasteiger partial charge >= 0.3 is 0 Å². The van der Waals surface area contributed by atoms with Crippen LogP contribution in [0.5, 0.6) is 0 Å². The molecule has 0 N–H and O–H groups in total. The molecule has 0 aliphatic carbocycles. The van der Waals surface area contributed by atoms with Crippen molar-refractivity contribution in [3.63, 3.8) is 0 Å². The Bertz CT molecular complexity index is 853. The molecular formula is C31H39BP+. The van der Waals surface area contributed by atoms with Crippen LogP contribution < -0.4 is 15.9 Å². The molecule has 2 bridgehead atoms. The van der Waals surface area contributed by atoms with E-state index in [4.69, 9.17) is 0 Å². The van der Waals surface area contributed by atoms with Crippen LogP contribution in [0.15, 0.2) is 91.0 Å². The normalized spacial score (nSPS) is 20.5. The second kappa shape index (κ2) is 11.1. The summed E-state index contributed by atoms with van der Waals surface area (Å²) in [5.41, 5.74) is 0. The van der Waals surface area contributed by atoms with Crippen LogP contribution in [0.3, 0.4) is 0 Å². The Labute approximate surface area is 202 Å². The fourth-order valence-corrected chi connectivity index (χ4v) is 11.5. The molecule has 0 amide bonds. The van der Waals surface area contributed by atoms with Crippen molar-refractivity contribution >= 4 is 29.9 Å². The zero-order valence-corrected chi connectivity index (χ0v) is 21.0. The third-order valence-corrected chi connectivity index (χ3v) is 13.2. The van der Waals surface area contributed by atoms with E-state index in [0.717, 1.165) is 18.3 Å². The van der Waals surface area contributed by atoms with Gasteiger partial charge in [0.15, 0.2) is 0 Å². The number of unbranched alkanes of at least 4 members (excludes halogenated alkanes) is 2. The summed E-state index contributed by atoms with van der Waals surface area (Å²) in [6.45, 7) is 1.05. The summed E-state index contributed by atoms with van der Waals surface area (Å²) in [5, 5.41) is 4.60. The third kappa shape index (κ3) is 5.00. The Morgan fingerprint density at radius 2 is 0.970 bits per heavy atom. The molecule has 2 heterocycles. The molecule has 2 aliphatic rings. The molecule has 2 fully saturated rings. The van der Waals surface area contributed by atoms with Gasteiger partial charge in [-0.2, -0.15) is 0 Å². The van der Waals surface area contributed by atoms with E-state index in [1.54, 1.807) is 0 Å². The lowest BCUT2D eigenvalue weighted by molar-refractivity contribution is 0.440. The monoisotopic (exact) mass is 453 g/mol. The van der Waals surface area contributed by atoms with Gasteiger partial charge in [-0.1, -0.05) is 124 Å². The number of rotatable bonds is 9. The van der Waals surface area contributed by atoms with E-state index in [9.17, 15) is 0 Å². The Hall–Kier alpha value is -1.85. The highest BCUT2D eigenvalue weighted by Gasteiger charge is 2.44. The molecule has 2 aliphatic heterocycles. The number of hydrogen-bond donors (Lipinski definition) is 0. The van der Waals surface area contributed by atoms with Gasteiger partial charge in [-0.05, 0) is 42.8 Å². The topological polar surface area (TPSA) is 0 Å². The van der Waals surface area contributed by atoms with Crippen LogP contribution in [0.25, 0.3) is 0 Å². The third-order valence-electron chi connectivity index (χ3n) is 8.63. The molecule has 0 spiro atoms. The number of fused-ring (bicyclic) bond motifs is 2. The lowest BCUT2D eigenvalue weighted by Crippen LogP contribution is -2.34. The molecule has 170 valence electrons. The van der Waals surface area contributed by atoms with Gasteiger partial charge in [-0.25, -0.2) is 0 Å². The highest BCUT2D eigenvalue weighted by molar-refractivity contribution is 7.95. The average Bonchev–Trinajstić information content (AvgIpc) is 2.88. The smallest absolute Gasteiger partial charge is 0.0737 e. The van der Waals surface area contributed by atoms with E-state index in [-0.39, 0.29) is 0 Å². The summed E-state index contributed by atoms with van der Waals surface area (Å²) < 4.78 is 0. The van der Waals surface area contributed by atoms with Gasteiger partial charge in [0, 0.05) is 0 Å². The minimum Gasteiger partial charge on any atom is -0.0737 e. The van der Waals surface area contributed by atoms with Crippen LogP contribution >= 0.6 is 7.26 Å². The largest absolute Gasteiger partial charge is 0.146 e. The highest BCUT2D eigenvalue weighted by atomic mass is 31.2. The molecule has 3 aromatic rings. The molecule has 0 unspecified atom stereocenters. The summed E-state index contributed by atoms with van der Waals surface area (Å²) in [7, 11) is -1.64. The highest BCUT2D eigenvalue weighted by Crippen LogP contribution is 2.56. The minimum absolute atomic E-state index is 1.05. The predicted octanol–water partition coefficient (Wildman–Crippen LogP) is 7.75. The maximum absolute atomic E-state index is 2.39. The predicted molar refractivity (Wildman–Crippen MR) is 150 cm³/mol. The quantitative estimate of drug-likeness (QED) is 0.177. The standard InChI is InChI=1S/C31H39BP/c1-5-19-29(20-6-1)33(30-21-7-2-8-22-30,31-23-9-3-10-24-31)26-12-4-11-25-32-27-15-13-16-28(32)18-14-17-27/h1-3,5-10,19-24,27-28H,4,11-18,25-26H2/q+1. The van der Waals surface area contributed by atoms with Crippen LogP contribution in [0, 0.1) is 0 Å². The van der Waals surface area contributed by atoms with Crippen molar-refractivity contribution in [2.75, 3.05) is 6.16 Å². The summed E-state index contributed by atoms with van der Waals surface area (Å²) in [6.07, 6.45) is 16.0. The summed E-state index contributed by atoms with van der Waals surface area (Å²) >= 11 is 0. The Kier molecular flexibility index (Phi) is 7.68. The van der Waals surface area contributed by atoms with E-state index >= 15 is 0 Å². The van der Waals surface area contributed by atoms with Gasteiger partial charge in [0.05, 0.1) is 6.16 Å². The molecule has 0 nitrogen and oxygen atoms in total. The zero-order chi connectivity index (χ0) is 22.3. The van der Waals surface area contributed by atoms with Crippen LogP contribution in [-0.2, 0) is 0 Å². The van der Waals surface area contributed by atoms with Gasteiger partial charge in [0.25, 0.3) is 0 Å². The van der Waals surface area contributed by atoms with Crippen molar-refractivity contribution in [1.82, 2.24) is 0 Å². The second-order valence-corrected chi connectivity index (χ2v) is 14.1. The second-order valence-electron chi connectivity index (χ2n) is 10.4. The van der Waals surface area contributed by atoms with Crippen molar-refractivity contribution in [2.24, 2.45) is 0 Å². The Balaban J connectivity index is 1.34. The van der Waals surface area contributed by atoms with Gasteiger partial charge in [0.2, 0.25) is 0 Å². The SMILES string of the molecule is c1ccc([P+](CCCCCB2C3CCCC2CCC3)(c2ccccc2)c2ccccc2)cc1. The first-order chi connectivity index (χ1) is 16.4. The van der Waals surface area contributed by atoms with Crippen molar-refractivity contribution in [2.45, 2.75) is 75.7 Å². The molecular weight excluding hydrogens is 414 g/mol. The van der Waals surface area contributed by atoms with Crippen molar-refractivity contribution in [3.05, 3.63) is 91.0 Å². The summed E-state index contributed by atoms with van der Waals surface area (Å²) in [5.74, 6) is 2.11. The minimum atomic E-state index is -1.64. The molecule has 33 heavy (non-hydrogen) atoms. The number of benzene rings is 3. The first-order valence-corrected chi connectivity index (χ1v) is 15.4. The van der Waals surface area contributed by atoms with E-state index in [1.165, 1.54) is 86.2 Å². The van der Waals surface area contributed by atoms with Crippen molar-refractivity contribution in [3.8, 4) is 0 Å². The van der Waals surface area contributed by atoms with Gasteiger partial charge in [-0.15, -0.1) is 0 Å². The van der Waals surface area contributed by atoms with Crippen molar-refractivity contribution < 1.29 is 0 Å². The van der Waals surface area contributed by atoms with Crippen molar-refractivity contribution in [1.29, 1.82) is 0 Å². The number of hydrogen-bond acceptors (Lipinski definition) is 0. The lowest BCUT2D eigenvalue weighted by Gasteiger charge is -2.40.